The van der Waals surface area contributed by atoms with E-state index in [2.05, 4.69) is 63.9 Å². The molecule has 0 aliphatic rings. The quantitative estimate of drug-likeness (QED) is 0.756. The van der Waals surface area contributed by atoms with E-state index in [1.54, 1.807) is 12.4 Å². The van der Waals surface area contributed by atoms with E-state index in [-0.39, 0.29) is 17.0 Å². The van der Waals surface area contributed by atoms with Crippen molar-refractivity contribution < 1.29 is 5.11 Å². The van der Waals surface area contributed by atoms with Gasteiger partial charge < -0.3 is 5.11 Å². The first-order valence-corrected chi connectivity index (χ1v) is 8.95. The molecule has 1 N–H and O–H groups in total. The molecule has 5 heteroatoms. The average Bonchev–Trinajstić information content (AvgIpc) is 3.21. The summed E-state index contributed by atoms with van der Waals surface area (Å²) in [5.41, 5.74) is 2.69. The van der Waals surface area contributed by atoms with Crippen molar-refractivity contribution in [2.24, 2.45) is 0 Å². The van der Waals surface area contributed by atoms with Crippen LogP contribution in [0.25, 0.3) is 0 Å². The molecule has 2 heterocycles. The molecule has 3 aromatic rings. The maximum absolute atomic E-state index is 11.2. The maximum atomic E-state index is 11.2. The van der Waals surface area contributed by atoms with E-state index in [1.807, 2.05) is 33.9 Å². The molecule has 0 saturated carbocycles. The van der Waals surface area contributed by atoms with E-state index < -0.39 is 0 Å². The highest BCUT2D eigenvalue weighted by atomic mass is 16.3. The van der Waals surface area contributed by atoms with Gasteiger partial charge in [-0.3, -0.25) is 0 Å². The van der Waals surface area contributed by atoms with Gasteiger partial charge in [0.2, 0.25) is 0 Å². The van der Waals surface area contributed by atoms with Gasteiger partial charge in [-0.1, -0.05) is 47.6 Å². The van der Waals surface area contributed by atoms with Crippen LogP contribution < -0.4 is 0 Å². The van der Waals surface area contributed by atoms with E-state index in [0.717, 1.165) is 11.1 Å². The standard InChI is InChI=1S/C21H28N4O/c1-20(2,3)15-13-16(18(26)17(14-15)21(4,5)6)19(24-11-7-9-22-24)25-12-8-10-23-25/h7-14,19,26H,1-6H3. The largest absolute Gasteiger partial charge is 0.507 e. The maximum Gasteiger partial charge on any atom is 0.172 e. The number of phenols is 1. The van der Waals surface area contributed by atoms with Crippen molar-refractivity contribution in [3.05, 3.63) is 65.7 Å². The molecule has 1 aromatic carbocycles. The molecular formula is C21H28N4O. The summed E-state index contributed by atoms with van der Waals surface area (Å²) in [7, 11) is 0. The molecule has 0 atom stereocenters. The Morgan fingerprint density at radius 1 is 0.846 bits per heavy atom. The van der Waals surface area contributed by atoms with Crippen LogP contribution in [0.4, 0.5) is 0 Å². The molecule has 0 fully saturated rings. The van der Waals surface area contributed by atoms with Crippen molar-refractivity contribution in [3.8, 4) is 5.75 Å². The fourth-order valence-electron chi connectivity index (χ4n) is 3.12. The first kappa shape index (κ1) is 18.2. The van der Waals surface area contributed by atoms with Gasteiger partial charge in [-0.15, -0.1) is 0 Å². The van der Waals surface area contributed by atoms with Gasteiger partial charge in [-0.05, 0) is 40.2 Å². The van der Waals surface area contributed by atoms with Crippen molar-refractivity contribution in [1.29, 1.82) is 0 Å². The molecule has 3 rings (SSSR count). The van der Waals surface area contributed by atoms with Crippen molar-refractivity contribution >= 4 is 0 Å². The van der Waals surface area contributed by atoms with E-state index in [9.17, 15) is 5.11 Å². The predicted octanol–water partition coefficient (Wildman–Crippen LogP) is 4.48. The summed E-state index contributed by atoms with van der Waals surface area (Å²) in [5, 5.41) is 20.0. The summed E-state index contributed by atoms with van der Waals surface area (Å²) in [4.78, 5) is 0. The molecule has 0 unspecified atom stereocenters. The Balaban J connectivity index is 2.31. The number of hydrogen-bond donors (Lipinski definition) is 1. The number of phenolic OH excluding ortho intramolecular Hbond substituents is 1. The number of aromatic hydroxyl groups is 1. The van der Waals surface area contributed by atoms with E-state index in [0.29, 0.717) is 5.75 Å². The third-order valence-electron chi connectivity index (χ3n) is 4.64. The third-order valence-corrected chi connectivity index (χ3v) is 4.64. The van der Waals surface area contributed by atoms with Crippen LogP contribution in [0.5, 0.6) is 5.75 Å². The van der Waals surface area contributed by atoms with Crippen LogP contribution in [0.2, 0.25) is 0 Å². The first-order valence-electron chi connectivity index (χ1n) is 8.95. The lowest BCUT2D eigenvalue weighted by Crippen LogP contribution is -2.24. The van der Waals surface area contributed by atoms with Crippen LogP contribution in [-0.4, -0.2) is 24.7 Å². The second-order valence-corrected chi connectivity index (χ2v) is 8.81. The molecule has 0 radical (unpaired) electrons. The molecule has 26 heavy (non-hydrogen) atoms. The molecule has 0 amide bonds. The molecular weight excluding hydrogens is 324 g/mol. The number of nitrogens with zero attached hydrogens (tertiary/aromatic N) is 4. The van der Waals surface area contributed by atoms with Crippen molar-refractivity contribution in [2.45, 2.75) is 58.5 Å². The van der Waals surface area contributed by atoms with Gasteiger partial charge in [-0.2, -0.15) is 10.2 Å². The van der Waals surface area contributed by atoms with Crippen molar-refractivity contribution in [3.63, 3.8) is 0 Å². The zero-order chi connectivity index (χ0) is 19.1. The van der Waals surface area contributed by atoms with Gasteiger partial charge in [0.05, 0.1) is 0 Å². The Labute approximate surface area is 155 Å². The SMILES string of the molecule is CC(C)(C)c1cc(C(n2cccn2)n2cccn2)c(O)c(C(C)(C)C)c1. The summed E-state index contributed by atoms with van der Waals surface area (Å²) < 4.78 is 3.64. The smallest absolute Gasteiger partial charge is 0.172 e. The van der Waals surface area contributed by atoms with Gasteiger partial charge >= 0.3 is 0 Å². The van der Waals surface area contributed by atoms with Gasteiger partial charge in [0.25, 0.3) is 0 Å². The van der Waals surface area contributed by atoms with Gasteiger partial charge in [0.1, 0.15) is 5.75 Å². The lowest BCUT2D eigenvalue weighted by Gasteiger charge is -2.30. The molecule has 5 nitrogen and oxygen atoms in total. The highest BCUT2D eigenvalue weighted by molar-refractivity contribution is 5.50. The minimum absolute atomic E-state index is 0.0404. The van der Waals surface area contributed by atoms with E-state index in [4.69, 9.17) is 0 Å². The third kappa shape index (κ3) is 3.39. The van der Waals surface area contributed by atoms with Crippen LogP contribution >= 0.6 is 0 Å². The van der Waals surface area contributed by atoms with Crippen molar-refractivity contribution in [1.82, 2.24) is 19.6 Å². The molecule has 138 valence electrons. The van der Waals surface area contributed by atoms with E-state index in [1.165, 1.54) is 5.56 Å². The molecule has 0 aliphatic heterocycles. The molecule has 0 spiro atoms. The summed E-state index contributed by atoms with van der Waals surface area (Å²) >= 11 is 0. The summed E-state index contributed by atoms with van der Waals surface area (Å²) in [6.07, 6.45) is 6.93. The Morgan fingerprint density at radius 3 is 1.77 bits per heavy atom. The number of hydrogen-bond acceptors (Lipinski definition) is 3. The lowest BCUT2D eigenvalue weighted by molar-refractivity contribution is 0.381. The predicted molar refractivity (Wildman–Crippen MR) is 103 cm³/mol. The van der Waals surface area contributed by atoms with E-state index >= 15 is 0 Å². The number of aromatic nitrogens is 4. The molecule has 0 saturated heterocycles. The first-order chi connectivity index (χ1) is 12.1. The van der Waals surface area contributed by atoms with Crippen LogP contribution in [0.1, 0.15) is 64.4 Å². The molecule has 2 aromatic heterocycles. The fourth-order valence-corrected chi connectivity index (χ4v) is 3.12. The van der Waals surface area contributed by atoms with Gasteiger partial charge in [0, 0.05) is 30.4 Å². The monoisotopic (exact) mass is 352 g/mol. The number of rotatable bonds is 3. The van der Waals surface area contributed by atoms with Gasteiger partial charge in [-0.25, -0.2) is 9.36 Å². The Kier molecular flexibility index (Phi) is 4.42. The van der Waals surface area contributed by atoms with Crippen LogP contribution in [0.15, 0.2) is 49.1 Å². The molecule has 0 bridgehead atoms. The zero-order valence-corrected chi connectivity index (χ0v) is 16.4. The molecule has 0 aliphatic carbocycles. The average molecular weight is 352 g/mol. The summed E-state index contributed by atoms with van der Waals surface area (Å²) in [6, 6.07) is 7.97. The minimum atomic E-state index is -0.344. The second kappa shape index (κ2) is 6.31. The van der Waals surface area contributed by atoms with Crippen molar-refractivity contribution in [2.75, 3.05) is 0 Å². The topological polar surface area (TPSA) is 55.9 Å². The normalized spacial score (nSPS) is 12.7. The van der Waals surface area contributed by atoms with Crippen LogP contribution in [0, 0.1) is 0 Å². The van der Waals surface area contributed by atoms with Gasteiger partial charge in [0.15, 0.2) is 6.17 Å². The summed E-state index contributed by atoms with van der Waals surface area (Å²) in [5.74, 6) is 0.307. The van der Waals surface area contributed by atoms with Crippen LogP contribution in [0.3, 0.4) is 0 Å². The Bertz CT molecular complexity index is 832. The second-order valence-electron chi connectivity index (χ2n) is 8.81. The highest BCUT2D eigenvalue weighted by Gasteiger charge is 2.29. The fraction of sp³-hybridized carbons (Fsp3) is 0.429. The highest BCUT2D eigenvalue weighted by Crippen LogP contribution is 2.40. The Hall–Kier alpha value is -2.56. The minimum Gasteiger partial charge on any atom is -0.507 e. The number of benzene rings is 1. The Morgan fingerprint density at radius 2 is 1.38 bits per heavy atom. The summed E-state index contributed by atoms with van der Waals surface area (Å²) in [6.45, 7) is 12.9. The zero-order valence-electron chi connectivity index (χ0n) is 16.4. The van der Waals surface area contributed by atoms with Crippen LogP contribution in [-0.2, 0) is 10.8 Å². The lowest BCUT2D eigenvalue weighted by atomic mass is 9.78.